The summed E-state index contributed by atoms with van der Waals surface area (Å²) in [6.45, 7) is 8.58. The first kappa shape index (κ1) is 24.1. The number of carbonyl (C=O) groups is 1. The zero-order valence-electron chi connectivity index (χ0n) is 19.1. The highest BCUT2D eigenvalue weighted by Gasteiger charge is 2.12. The van der Waals surface area contributed by atoms with Crippen LogP contribution in [0, 0.1) is 0 Å². The Labute approximate surface area is 185 Å². The van der Waals surface area contributed by atoms with Crippen molar-refractivity contribution in [2.24, 2.45) is 4.99 Å². The van der Waals surface area contributed by atoms with Gasteiger partial charge in [-0.05, 0) is 50.6 Å². The fourth-order valence-corrected chi connectivity index (χ4v) is 3.05. The lowest BCUT2D eigenvalue weighted by Gasteiger charge is -2.19. The second-order valence-electron chi connectivity index (χ2n) is 7.09. The molecule has 0 bridgehead atoms. The highest BCUT2D eigenvalue weighted by Crippen LogP contribution is 2.19. The zero-order valence-corrected chi connectivity index (χ0v) is 19.1. The first-order chi connectivity index (χ1) is 15.0. The van der Waals surface area contributed by atoms with Crippen molar-refractivity contribution in [1.82, 2.24) is 15.5 Å². The average Bonchev–Trinajstić information content (AvgIpc) is 2.80. The molecule has 0 radical (unpaired) electrons. The molecule has 1 unspecified atom stereocenters. The van der Waals surface area contributed by atoms with Crippen molar-refractivity contribution in [3.05, 3.63) is 59.7 Å². The van der Waals surface area contributed by atoms with E-state index in [9.17, 15) is 4.79 Å². The van der Waals surface area contributed by atoms with E-state index in [1.807, 2.05) is 74.2 Å². The number of rotatable bonds is 10. The number of hydrogen-bond acceptors (Lipinski definition) is 4. The molecule has 2 aromatic rings. The maximum atomic E-state index is 12.4. The summed E-state index contributed by atoms with van der Waals surface area (Å²) in [5.74, 6) is 2.27. The standard InChI is InChI=1S/C24H34N4O3/c1-6-28(7-2)23(29)20-13-11-19(12-14-20)17-27-24(25-4)26-16-18(3)31-22-10-8-9-21(15-22)30-5/h8-15,18H,6-7,16-17H2,1-5H3,(H2,25,26,27). The predicted octanol–water partition coefficient (Wildman–Crippen LogP) is 3.31. The number of guanidine groups is 1. The molecule has 0 aliphatic carbocycles. The van der Waals surface area contributed by atoms with Crippen molar-refractivity contribution in [2.45, 2.75) is 33.4 Å². The molecule has 2 N–H and O–H groups in total. The molecule has 0 aliphatic heterocycles. The number of amides is 1. The first-order valence-corrected chi connectivity index (χ1v) is 10.6. The van der Waals surface area contributed by atoms with Crippen molar-refractivity contribution in [1.29, 1.82) is 0 Å². The Hall–Kier alpha value is -3.22. The van der Waals surface area contributed by atoms with Gasteiger partial charge in [-0.2, -0.15) is 0 Å². The monoisotopic (exact) mass is 426 g/mol. The second kappa shape index (κ2) is 12.5. The van der Waals surface area contributed by atoms with Crippen LogP contribution in [0.2, 0.25) is 0 Å². The van der Waals surface area contributed by atoms with Crippen molar-refractivity contribution in [3.63, 3.8) is 0 Å². The summed E-state index contributed by atoms with van der Waals surface area (Å²) in [6.07, 6.45) is -0.0592. The van der Waals surface area contributed by atoms with Gasteiger partial charge in [-0.25, -0.2) is 0 Å². The van der Waals surface area contributed by atoms with Gasteiger partial charge in [0.1, 0.15) is 17.6 Å². The summed E-state index contributed by atoms with van der Waals surface area (Å²) >= 11 is 0. The van der Waals surface area contributed by atoms with Crippen LogP contribution < -0.4 is 20.1 Å². The lowest BCUT2D eigenvalue weighted by molar-refractivity contribution is 0.0773. The minimum atomic E-state index is -0.0592. The van der Waals surface area contributed by atoms with E-state index in [2.05, 4.69) is 15.6 Å². The smallest absolute Gasteiger partial charge is 0.253 e. The molecule has 0 spiro atoms. The molecular formula is C24H34N4O3. The molecule has 0 heterocycles. The number of ether oxygens (including phenoxy) is 2. The van der Waals surface area contributed by atoms with Gasteiger partial charge in [-0.1, -0.05) is 18.2 Å². The average molecular weight is 427 g/mol. The quantitative estimate of drug-likeness (QED) is 0.450. The Kier molecular flexibility index (Phi) is 9.68. The molecule has 1 atom stereocenters. The number of benzene rings is 2. The number of aliphatic imine (C=N–C) groups is 1. The van der Waals surface area contributed by atoms with Crippen LogP contribution in [0.3, 0.4) is 0 Å². The highest BCUT2D eigenvalue weighted by atomic mass is 16.5. The second-order valence-corrected chi connectivity index (χ2v) is 7.09. The summed E-state index contributed by atoms with van der Waals surface area (Å²) in [5, 5.41) is 6.55. The van der Waals surface area contributed by atoms with Crippen molar-refractivity contribution in [2.75, 3.05) is 33.8 Å². The van der Waals surface area contributed by atoms with Gasteiger partial charge in [0.25, 0.3) is 5.91 Å². The Balaban J connectivity index is 1.82. The third-order valence-electron chi connectivity index (χ3n) is 4.87. The van der Waals surface area contributed by atoms with Gasteiger partial charge in [0, 0.05) is 38.3 Å². The third kappa shape index (κ3) is 7.51. The van der Waals surface area contributed by atoms with Gasteiger partial charge in [-0.3, -0.25) is 9.79 Å². The van der Waals surface area contributed by atoms with Gasteiger partial charge in [-0.15, -0.1) is 0 Å². The Morgan fingerprint density at radius 1 is 1.06 bits per heavy atom. The normalized spacial score (nSPS) is 12.1. The maximum absolute atomic E-state index is 12.4. The summed E-state index contributed by atoms with van der Waals surface area (Å²) in [5.41, 5.74) is 1.78. The van der Waals surface area contributed by atoms with Crippen molar-refractivity contribution < 1.29 is 14.3 Å². The van der Waals surface area contributed by atoms with Crippen LogP contribution in [-0.2, 0) is 6.54 Å². The van der Waals surface area contributed by atoms with Crippen LogP contribution in [0.25, 0.3) is 0 Å². The van der Waals surface area contributed by atoms with Crippen molar-refractivity contribution in [3.8, 4) is 11.5 Å². The Bertz CT molecular complexity index is 848. The molecule has 0 aromatic heterocycles. The fraction of sp³-hybridized carbons (Fsp3) is 0.417. The van der Waals surface area contributed by atoms with E-state index in [1.54, 1.807) is 14.2 Å². The van der Waals surface area contributed by atoms with Gasteiger partial charge in [0.15, 0.2) is 5.96 Å². The molecule has 1 amide bonds. The molecule has 0 saturated carbocycles. The van der Waals surface area contributed by atoms with E-state index in [4.69, 9.17) is 9.47 Å². The lowest BCUT2D eigenvalue weighted by Crippen LogP contribution is -2.41. The minimum absolute atomic E-state index is 0.0592. The van der Waals surface area contributed by atoms with Crippen LogP contribution in [-0.4, -0.2) is 56.7 Å². The molecule has 2 aromatic carbocycles. The number of nitrogens with one attached hydrogen (secondary N) is 2. The zero-order chi connectivity index (χ0) is 22.6. The van der Waals surface area contributed by atoms with Gasteiger partial charge in [0.05, 0.1) is 13.7 Å². The predicted molar refractivity (Wildman–Crippen MR) is 125 cm³/mol. The Morgan fingerprint density at radius 2 is 1.74 bits per heavy atom. The van der Waals surface area contributed by atoms with Crippen LogP contribution in [0.4, 0.5) is 0 Å². The maximum Gasteiger partial charge on any atom is 0.253 e. The van der Waals surface area contributed by atoms with Crippen LogP contribution in [0.15, 0.2) is 53.5 Å². The number of carbonyl (C=O) groups excluding carboxylic acids is 1. The van der Waals surface area contributed by atoms with E-state index < -0.39 is 0 Å². The SMILES string of the molecule is CCN(CC)C(=O)c1ccc(CNC(=NC)NCC(C)Oc2cccc(OC)c2)cc1. The lowest BCUT2D eigenvalue weighted by atomic mass is 10.1. The highest BCUT2D eigenvalue weighted by molar-refractivity contribution is 5.94. The summed E-state index contributed by atoms with van der Waals surface area (Å²) in [4.78, 5) is 18.5. The molecule has 168 valence electrons. The molecule has 0 fully saturated rings. The summed E-state index contributed by atoms with van der Waals surface area (Å²) < 4.78 is 11.2. The van der Waals surface area contributed by atoms with Gasteiger partial charge < -0.3 is 25.0 Å². The van der Waals surface area contributed by atoms with Crippen molar-refractivity contribution >= 4 is 11.9 Å². The molecule has 7 nitrogen and oxygen atoms in total. The first-order valence-electron chi connectivity index (χ1n) is 10.6. The Morgan fingerprint density at radius 3 is 2.35 bits per heavy atom. The molecule has 0 saturated heterocycles. The molecule has 0 aliphatic rings. The van der Waals surface area contributed by atoms with Crippen LogP contribution in [0.1, 0.15) is 36.7 Å². The minimum Gasteiger partial charge on any atom is -0.497 e. The number of methoxy groups -OCH3 is 1. The largest absolute Gasteiger partial charge is 0.497 e. The molecule has 2 rings (SSSR count). The van der Waals surface area contributed by atoms with Crippen LogP contribution >= 0.6 is 0 Å². The van der Waals surface area contributed by atoms with E-state index in [1.165, 1.54) is 0 Å². The summed E-state index contributed by atoms with van der Waals surface area (Å²) in [7, 11) is 3.37. The van der Waals surface area contributed by atoms with E-state index in [0.29, 0.717) is 37.7 Å². The molecular weight excluding hydrogens is 392 g/mol. The molecule has 7 heteroatoms. The topological polar surface area (TPSA) is 75.2 Å². The van der Waals surface area contributed by atoms with Gasteiger partial charge in [0.2, 0.25) is 0 Å². The van der Waals surface area contributed by atoms with Crippen LogP contribution in [0.5, 0.6) is 11.5 Å². The van der Waals surface area contributed by atoms with E-state index in [0.717, 1.165) is 17.1 Å². The number of nitrogens with zero attached hydrogens (tertiary/aromatic N) is 2. The molecule has 31 heavy (non-hydrogen) atoms. The third-order valence-corrected chi connectivity index (χ3v) is 4.87. The number of hydrogen-bond donors (Lipinski definition) is 2. The van der Waals surface area contributed by atoms with E-state index in [-0.39, 0.29) is 12.0 Å². The van der Waals surface area contributed by atoms with E-state index >= 15 is 0 Å². The van der Waals surface area contributed by atoms with Gasteiger partial charge >= 0.3 is 0 Å². The summed E-state index contributed by atoms with van der Waals surface area (Å²) in [6, 6.07) is 15.2. The fourth-order valence-electron chi connectivity index (χ4n) is 3.05.